The van der Waals surface area contributed by atoms with E-state index >= 15 is 0 Å². The van der Waals surface area contributed by atoms with Crippen LogP contribution < -0.4 is 15.9 Å². The molecule has 3 aromatic heterocycles. The van der Waals surface area contributed by atoms with E-state index in [1.54, 1.807) is 18.2 Å². The monoisotopic (exact) mass is 521 g/mol. The van der Waals surface area contributed by atoms with Gasteiger partial charge in [0.05, 0.1) is 22.6 Å². The van der Waals surface area contributed by atoms with Gasteiger partial charge in [0.15, 0.2) is 0 Å². The highest BCUT2D eigenvalue weighted by molar-refractivity contribution is 6.12. The average molecular weight is 522 g/mol. The van der Waals surface area contributed by atoms with Crippen LogP contribution in [0.5, 0.6) is 0 Å². The molecule has 0 fully saturated rings. The molecule has 0 unspecified atom stereocenters. The molecular formula is C30H24FN5O3. The number of amides is 1. The average Bonchev–Trinajstić information content (AvgIpc) is 3.53. The molecule has 194 valence electrons. The molecule has 0 saturated heterocycles. The lowest BCUT2D eigenvalue weighted by molar-refractivity contribution is 0.0964. The number of para-hydroxylation sites is 1. The number of hydrogen-bond donors (Lipinski definition) is 3. The van der Waals surface area contributed by atoms with Crippen LogP contribution >= 0.6 is 0 Å². The second kappa shape index (κ2) is 9.29. The number of halogens is 1. The highest BCUT2D eigenvalue weighted by Crippen LogP contribution is 2.40. The minimum Gasteiger partial charge on any atom is -0.455 e. The van der Waals surface area contributed by atoms with Crippen LogP contribution in [0.3, 0.4) is 0 Å². The number of carbonyl (C=O) groups is 1. The van der Waals surface area contributed by atoms with E-state index in [9.17, 15) is 14.0 Å². The van der Waals surface area contributed by atoms with Crippen LogP contribution in [0.4, 0.5) is 10.1 Å². The summed E-state index contributed by atoms with van der Waals surface area (Å²) >= 11 is 0. The van der Waals surface area contributed by atoms with E-state index in [0.717, 1.165) is 22.3 Å². The number of H-pyrrole nitrogens is 2. The Morgan fingerprint density at radius 3 is 2.44 bits per heavy atom. The zero-order valence-corrected chi connectivity index (χ0v) is 21.4. The van der Waals surface area contributed by atoms with Crippen molar-refractivity contribution in [2.24, 2.45) is 0 Å². The molecule has 0 atom stereocenters. The number of aromatic amines is 2. The molecule has 6 aromatic rings. The zero-order chi connectivity index (χ0) is 27.3. The first-order valence-corrected chi connectivity index (χ1v) is 12.3. The Hall–Kier alpha value is -5.18. The largest absolute Gasteiger partial charge is 0.455 e. The normalized spacial score (nSPS) is 11.3. The fourth-order valence-electron chi connectivity index (χ4n) is 4.82. The Morgan fingerprint density at radius 2 is 1.72 bits per heavy atom. The molecule has 8 nitrogen and oxygen atoms in total. The number of carbonyl (C=O) groups excluding carboxylic acids is 1. The number of benzene rings is 3. The minimum absolute atomic E-state index is 0.311. The van der Waals surface area contributed by atoms with Crippen molar-refractivity contribution in [2.45, 2.75) is 0 Å². The molecule has 3 heterocycles. The lowest BCUT2D eigenvalue weighted by Crippen LogP contribution is -2.18. The number of anilines is 1. The first kappa shape index (κ1) is 24.2. The molecule has 0 saturated carbocycles. The van der Waals surface area contributed by atoms with Crippen molar-refractivity contribution in [3.63, 3.8) is 0 Å². The van der Waals surface area contributed by atoms with E-state index < -0.39 is 5.69 Å². The lowest BCUT2D eigenvalue weighted by atomic mass is 10.00. The third-order valence-electron chi connectivity index (χ3n) is 6.69. The second-order valence-electron chi connectivity index (χ2n) is 9.41. The Labute approximate surface area is 222 Å². The number of nitrogens with zero attached hydrogens (tertiary/aromatic N) is 2. The highest BCUT2D eigenvalue weighted by Gasteiger charge is 2.24. The smallest absolute Gasteiger partial charge is 0.346 e. The molecule has 6 rings (SSSR count). The molecule has 39 heavy (non-hydrogen) atoms. The standard InChI is InChI=1S/C30H24FN5O3/c1-32-29(37)27-20-13-19(25(36(2)3)15-26(20)39-28(27)16-8-10-18(31)11-9-16)22-14-24(35-30(38)34-22)23-12-17-6-4-5-7-21(17)33-23/h4-15,33H,1-3H3,(H,32,37)(H,34,35,38). The van der Waals surface area contributed by atoms with E-state index in [4.69, 9.17) is 4.42 Å². The highest BCUT2D eigenvalue weighted by atomic mass is 19.1. The minimum atomic E-state index is -0.503. The van der Waals surface area contributed by atoms with Gasteiger partial charge in [-0.25, -0.2) is 9.18 Å². The topological polar surface area (TPSA) is 107 Å². The summed E-state index contributed by atoms with van der Waals surface area (Å²) in [5.41, 5.74) is 4.95. The zero-order valence-electron chi connectivity index (χ0n) is 21.4. The Bertz CT molecular complexity index is 1900. The molecule has 0 aliphatic carbocycles. The van der Waals surface area contributed by atoms with Crippen molar-refractivity contribution < 1.29 is 13.6 Å². The molecule has 3 aromatic carbocycles. The van der Waals surface area contributed by atoms with Crippen molar-refractivity contribution in [2.75, 3.05) is 26.0 Å². The fraction of sp³-hybridized carbons (Fsp3) is 0.100. The molecule has 0 bridgehead atoms. The van der Waals surface area contributed by atoms with Gasteiger partial charge in [0.25, 0.3) is 5.91 Å². The molecule has 9 heteroatoms. The van der Waals surface area contributed by atoms with Crippen molar-refractivity contribution in [3.8, 4) is 34.0 Å². The summed E-state index contributed by atoms with van der Waals surface area (Å²) in [6.45, 7) is 0. The summed E-state index contributed by atoms with van der Waals surface area (Å²) in [5, 5.41) is 4.23. The number of fused-ring (bicyclic) bond motifs is 2. The van der Waals surface area contributed by atoms with Crippen LogP contribution in [0.25, 0.3) is 55.8 Å². The van der Waals surface area contributed by atoms with E-state index in [1.165, 1.54) is 19.2 Å². The Kier molecular flexibility index (Phi) is 5.76. The maximum Gasteiger partial charge on any atom is 0.346 e. The van der Waals surface area contributed by atoms with Gasteiger partial charge >= 0.3 is 5.69 Å². The van der Waals surface area contributed by atoms with Gasteiger partial charge < -0.3 is 24.6 Å². The third-order valence-corrected chi connectivity index (χ3v) is 6.69. The Morgan fingerprint density at radius 1 is 0.974 bits per heavy atom. The summed E-state index contributed by atoms with van der Waals surface area (Å²) in [6.07, 6.45) is 0. The number of furan rings is 1. The van der Waals surface area contributed by atoms with Crippen molar-refractivity contribution >= 4 is 33.5 Å². The van der Waals surface area contributed by atoms with E-state index in [-0.39, 0.29) is 11.7 Å². The van der Waals surface area contributed by atoms with Gasteiger partial charge in [0.2, 0.25) is 0 Å². The number of rotatable bonds is 5. The molecule has 1 amide bonds. The van der Waals surface area contributed by atoms with Crippen LogP contribution in [-0.2, 0) is 0 Å². The first-order valence-electron chi connectivity index (χ1n) is 12.3. The van der Waals surface area contributed by atoms with Crippen molar-refractivity contribution in [1.82, 2.24) is 20.3 Å². The van der Waals surface area contributed by atoms with Gasteiger partial charge in [-0.1, -0.05) is 18.2 Å². The summed E-state index contributed by atoms with van der Waals surface area (Å²) in [6, 6.07) is 21.0. The summed E-state index contributed by atoms with van der Waals surface area (Å²) in [4.78, 5) is 38.1. The quantitative estimate of drug-likeness (QED) is 0.275. The maximum atomic E-state index is 13.6. The summed E-state index contributed by atoms with van der Waals surface area (Å²) in [5.74, 6) is -0.419. The van der Waals surface area contributed by atoms with E-state index in [0.29, 0.717) is 44.8 Å². The SMILES string of the molecule is CNC(=O)c1c(-c2ccc(F)cc2)oc2cc(N(C)C)c(-c3cc(-c4cc5ccccc5[nH]4)[nH]c(=O)n3)cc12. The molecule has 0 aliphatic heterocycles. The van der Waals surface area contributed by atoms with Crippen molar-refractivity contribution in [3.05, 3.63) is 94.7 Å². The van der Waals surface area contributed by atoms with Gasteiger partial charge in [-0.3, -0.25) is 4.79 Å². The van der Waals surface area contributed by atoms with Crippen LogP contribution in [0.1, 0.15) is 10.4 Å². The summed E-state index contributed by atoms with van der Waals surface area (Å²) < 4.78 is 19.8. The molecular weight excluding hydrogens is 497 g/mol. The first-order chi connectivity index (χ1) is 18.8. The van der Waals surface area contributed by atoms with Gasteiger partial charge in [-0.15, -0.1) is 0 Å². The van der Waals surface area contributed by atoms with Gasteiger partial charge in [0, 0.05) is 60.3 Å². The predicted molar refractivity (Wildman–Crippen MR) is 150 cm³/mol. The van der Waals surface area contributed by atoms with Gasteiger partial charge in [-0.2, -0.15) is 4.98 Å². The second-order valence-corrected chi connectivity index (χ2v) is 9.41. The van der Waals surface area contributed by atoms with Crippen LogP contribution in [0.2, 0.25) is 0 Å². The number of aromatic nitrogens is 3. The molecule has 0 radical (unpaired) electrons. The third kappa shape index (κ3) is 4.23. The van der Waals surface area contributed by atoms with Gasteiger partial charge in [-0.05, 0) is 48.5 Å². The van der Waals surface area contributed by atoms with Gasteiger partial charge in [0.1, 0.15) is 17.2 Å². The van der Waals surface area contributed by atoms with Crippen LogP contribution in [-0.4, -0.2) is 42.0 Å². The Balaban J connectivity index is 1.59. The van der Waals surface area contributed by atoms with E-state index in [1.807, 2.05) is 61.5 Å². The lowest BCUT2D eigenvalue weighted by Gasteiger charge is -2.17. The summed E-state index contributed by atoms with van der Waals surface area (Å²) in [7, 11) is 5.29. The predicted octanol–water partition coefficient (Wildman–Crippen LogP) is 5.56. The fourth-order valence-corrected chi connectivity index (χ4v) is 4.82. The number of nitrogens with one attached hydrogen (secondary N) is 3. The molecule has 0 aliphatic rings. The van der Waals surface area contributed by atoms with Crippen LogP contribution in [0.15, 0.2) is 82.0 Å². The molecule has 3 N–H and O–H groups in total. The molecule has 0 spiro atoms. The van der Waals surface area contributed by atoms with E-state index in [2.05, 4.69) is 20.3 Å². The maximum absolute atomic E-state index is 13.6. The van der Waals surface area contributed by atoms with Crippen LogP contribution in [0, 0.1) is 5.82 Å². The number of hydrogen-bond acceptors (Lipinski definition) is 5. The van der Waals surface area contributed by atoms with Crippen molar-refractivity contribution in [1.29, 1.82) is 0 Å².